The lowest BCUT2D eigenvalue weighted by Crippen LogP contribution is -2.40. The number of aryl methyl sites for hydroxylation is 1. The summed E-state index contributed by atoms with van der Waals surface area (Å²) in [6.45, 7) is 6.27. The van der Waals surface area contributed by atoms with E-state index in [1.165, 1.54) is 0 Å². The Morgan fingerprint density at radius 3 is 2.57 bits per heavy atom. The molecule has 0 aliphatic carbocycles. The SMILES string of the molecule is Cc1ccccc1CNC(=O)CC(=O)N1CCC(C)CC1. The van der Waals surface area contributed by atoms with E-state index in [1.54, 1.807) is 0 Å². The molecule has 2 rings (SSSR count). The molecule has 1 fully saturated rings. The van der Waals surface area contributed by atoms with Crippen LogP contribution in [0.25, 0.3) is 0 Å². The van der Waals surface area contributed by atoms with Gasteiger partial charge in [-0.2, -0.15) is 0 Å². The predicted octanol–water partition coefficient (Wildman–Crippen LogP) is 2.26. The monoisotopic (exact) mass is 288 g/mol. The summed E-state index contributed by atoms with van der Waals surface area (Å²) in [5, 5.41) is 2.83. The van der Waals surface area contributed by atoms with E-state index < -0.39 is 0 Å². The van der Waals surface area contributed by atoms with Crippen LogP contribution in [-0.4, -0.2) is 29.8 Å². The summed E-state index contributed by atoms with van der Waals surface area (Å²) in [5.74, 6) is 0.440. The summed E-state index contributed by atoms with van der Waals surface area (Å²) in [6.07, 6.45) is 2.04. The highest BCUT2D eigenvalue weighted by molar-refractivity contribution is 5.96. The topological polar surface area (TPSA) is 49.4 Å². The number of hydrogen-bond donors (Lipinski definition) is 1. The van der Waals surface area contributed by atoms with Crippen LogP contribution in [0.1, 0.15) is 37.3 Å². The number of carbonyl (C=O) groups excluding carboxylic acids is 2. The second kappa shape index (κ2) is 7.25. The molecule has 1 heterocycles. The molecule has 0 radical (unpaired) electrons. The Bertz CT molecular complexity index is 505. The van der Waals surface area contributed by atoms with Crippen molar-refractivity contribution in [2.45, 2.75) is 39.7 Å². The lowest BCUT2D eigenvalue weighted by atomic mass is 9.99. The zero-order valence-electron chi connectivity index (χ0n) is 12.9. The highest BCUT2D eigenvalue weighted by Gasteiger charge is 2.21. The maximum Gasteiger partial charge on any atom is 0.232 e. The zero-order valence-corrected chi connectivity index (χ0v) is 12.9. The Kier molecular flexibility index (Phi) is 5.37. The van der Waals surface area contributed by atoms with Crippen LogP contribution >= 0.6 is 0 Å². The first kappa shape index (κ1) is 15.5. The molecule has 0 atom stereocenters. The van der Waals surface area contributed by atoms with Gasteiger partial charge in [0.25, 0.3) is 0 Å². The first-order chi connectivity index (χ1) is 10.1. The highest BCUT2D eigenvalue weighted by atomic mass is 16.2. The van der Waals surface area contributed by atoms with E-state index >= 15 is 0 Å². The van der Waals surface area contributed by atoms with Crippen molar-refractivity contribution in [3.63, 3.8) is 0 Å². The van der Waals surface area contributed by atoms with Crippen LogP contribution < -0.4 is 5.32 Å². The van der Waals surface area contributed by atoms with E-state index in [2.05, 4.69) is 12.2 Å². The van der Waals surface area contributed by atoms with Gasteiger partial charge >= 0.3 is 0 Å². The zero-order chi connectivity index (χ0) is 15.2. The Morgan fingerprint density at radius 2 is 1.90 bits per heavy atom. The summed E-state index contributed by atoms with van der Waals surface area (Å²) in [5.41, 5.74) is 2.24. The third kappa shape index (κ3) is 4.59. The average molecular weight is 288 g/mol. The average Bonchev–Trinajstić information content (AvgIpc) is 2.47. The van der Waals surface area contributed by atoms with Gasteiger partial charge in [0.1, 0.15) is 6.42 Å². The van der Waals surface area contributed by atoms with Crippen LogP contribution in [0.2, 0.25) is 0 Å². The summed E-state index contributed by atoms with van der Waals surface area (Å²) in [4.78, 5) is 25.8. The van der Waals surface area contributed by atoms with Crippen LogP contribution in [0.4, 0.5) is 0 Å². The minimum absolute atomic E-state index is 0.0414. The fraction of sp³-hybridized carbons (Fsp3) is 0.529. The van der Waals surface area contributed by atoms with Crippen LogP contribution in [0, 0.1) is 12.8 Å². The van der Waals surface area contributed by atoms with Crippen LogP contribution in [-0.2, 0) is 16.1 Å². The van der Waals surface area contributed by atoms with Gasteiger partial charge in [-0.05, 0) is 36.8 Å². The predicted molar refractivity (Wildman–Crippen MR) is 82.6 cm³/mol. The summed E-state index contributed by atoms with van der Waals surface area (Å²) in [6, 6.07) is 7.93. The fourth-order valence-electron chi connectivity index (χ4n) is 2.57. The second-order valence-electron chi connectivity index (χ2n) is 5.94. The van der Waals surface area contributed by atoms with E-state index in [4.69, 9.17) is 0 Å². The van der Waals surface area contributed by atoms with Gasteiger partial charge in [0.2, 0.25) is 11.8 Å². The van der Waals surface area contributed by atoms with Crippen molar-refractivity contribution in [2.24, 2.45) is 5.92 Å². The van der Waals surface area contributed by atoms with Crippen LogP contribution in [0.15, 0.2) is 24.3 Å². The Balaban J connectivity index is 1.77. The number of likely N-dealkylation sites (tertiary alicyclic amines) is 1. The number of nitrogens with one attached hydrogen (secondary N) is 1. The van der Waals surface area contributed by atoms with Crippen molar-refractivity contribution in [3.05, 3.63) is 35.4 Å². The molecule has 1 aromatic rings. The van der Waals surface area contributed by atoms with E-state index in [-0.39, 0.29) is 18.2 Å². The lowest BCUT2D eigenvalue weighted by molar-refractivity contribution is -0.137. The molecule has 4 heteroatoms. The van der Waals surface area contributed by atoms with Crippen molar-refractivity contribution in [3.8, 4) is 0 Å². The van der Waals surface area contributed by atoms with E-state index in [0.29, 0.717) is 12.5 Å². The molecule has 1 aliphatic heterocycles. The van der Waals surface area contributed by atoms with E-state index in [1.807, 2.05) is 36.1 Å². The van der Waals surface area contributed by atoms with Gasteiger partial charge in [-0.25, -0.2) is 0 Å². The number of piperidine rings is 1. The molecule has 0 bridgehead atoms. The number of amides is 2. The molecule has 0 unspecified atom stereocenters. The summed E-state index contributed by atoms with van der Waals surface area (Å²) in [7, 11) is 0. The first-order valence-electron chi connectivity index (χ1n) is 7.65. The molecule has 1 N–H and O–H groups in total. The molecule has 4 nitrogen and oxygen atoms in total. The lowest BCUT2D eigenvalue weighted by Gasteiger charge is -2.30. The molecule has 114 valence electrons. The molecular formula is C17H24N2O2. The number of rotatable bonds is 4. The van der Waals surface area contributed by atoms with Crippen molar-refractivity contribution in [1.29, 1.82) is 0 Å². The van der Waals surface area contributed by atoms with Gasteiger partial charge in [0.05, 0.1) is 0 Å². The van der Waals surface area contributed by atoms with Crippen molar-refractivity contribution in [2.75, 3.05) is 13.1 Å². The fourth-order valence-corrected chi connectivity index (χ4v) is 2.57. The first-order valence-corrected chi connectivity index (χ1v) is 7.65. The largest absolute Gasteiger partial charge is 0.352 e. The quantitative estimate of drug-likeness (QED) is 0.864. The van der Waals surface area contributed by atoms with E-state index in [0.717, 1.165) is 37.1 Å². The third-order valence-corrected chi connectivity index (χ3v) is 4.19. The summed E-state index contributed by atoms with van der Waals surface area (Å²) < 4.78 is 0. The smallest absolute Gasteiger partial charge is 0.232 e. The van der Waals surface area contributed by atoms with Crippen molar-refractivity contribution < 1.29 is 9.59 Å². The molecule has 21 heavy (non-hydrogen) atoms. The van der Waals surface area contributed by atoms with Crippen molar-refractivity contribution >= 4 is 11.8 Å². The van der Waals surface area contributed by atoms with Gasteiger partial charge in [-0.3, -0.25) is 9.59 Å². The van der Waals surface area contributed by atoms with Gasteiger partial charge in [-0.15, -0.1) is 0 Å². The third-order valence-electron chi connectivity index (χ3n) is 4.19. The molecule has 1 aliphatic rings. The Hall–Kier alpha value is -1.84. The van der Waals surface area contributed by atoms with Gasteiger partial charge in [-0.1, -0.05) is 31.2 Å². The van der Waals surface area contributed by atoms with E-state index in [9.17, 15) is 9.59 Å². The Morgan fingerprint density at radius 1 is 1.24 bits per heavy atom. The molecule has 1 aromatic carbocycles. The molecule has 0 aromatic heterocycles. The molecule has 1 saturated heterocycles. The Labute approximate surface area is 126 Å². The minimum atomic E-state index is -0.193. The molecule has 0 spiro atoms. The number of carbonyl (C=O) groups is 2. The number of hydrogen-bond acceptors (Lipinski definition) is 2. The normalized spacial score (nSPS) is 15.8. The minimum Gasteiger partial charge on any atom is -0.352 e. The van der Waals surface area contributed by atoms with Crippen LogP contribution in [0.3, 0.4) is 0 Å². The number of nitrogens with zero attached hydrogens (tertiary/aromatic N) is 1. The maximum atomic E-state index is 12.1. The molecular weight excluding hydrogens is 264 g/mol. The summed E-state index contributed by atoms with van der Waals surface area (Å²) >= 11 is 0. The van der Waals surface area contributed by atoms with Gasteiger partial charge in [0, 0.05) is 19.6 Å². The van der Waals surface area contributed by atoms with Gasteiger partial charge in [0.15, 0.2) is 0 Å². The molecule has 2 amide bonds. The standard InChI is InChI=1S/C17H24N2O2/c1-13-7-9-19(10-8-13)17(21)11-16(20)18-12-15-6-4-3-5-14(15)2/h3-6,13H,7-12H2,1-2H3,(H,18,20). The van der Waals surface area contributed by atoms with Crippen molar-refractivity contribution in [1.82, 2.24) is 10.2 Å². The maximum absolute atomic E-state index is 12.1. The molecule has 0 saturated carbocycles. The van der Waals surface area contributed by atoms with Gasteiger partial charge < -0.3 is 10.2 Å². The van der Waals surface area contributed by atoms with Crippen LogP contribution in [0.5, 0.6) is 0 Å². The second-order valence-corrected chi connectivity index (χ2v) is 5.94. The number of benzene rings is 1. The highest BCUT2D eigenvalue weighted by Crippen LogP contribution is 2.16.